The van der Waals surface area contributed by atoms with Crippen LogP contribution in [-0.2, 0) is 16.0 Å². The molecule has 1 aromatic heterocycles. The number of thiazole rings is 1. The van der Waals surface area contributed by atoms with E-state index < -0.39 is 0 Å². The number of anilines is 1. The molecule has 2 aromatic rings. The lowest BCUT2D eigenvalue weighted by molar-refractivity contribution is -0.134. The highest BCUT2D eigenvalue weighted by Crippen LogP contribution is 2.32. The molecule has 1 aromatic carbocycles. The van der Waals surface area contributed by atoms with Crippen LogP contribution in [-0.4, -0.2) is 90.0 Å². The maximum Gasteiger partial charge on any atom is 0.257 e. The summed E-state index contributed by atoms with van der Waals surface area (Å²) in [6.07, 6.45) is 2.37. The number of aromatic nitrogens is 1. The minimum atomic E-state index is -0.301. The normalized spacial score (nSPS) is 17.8. The summed E-state index contributed by atoms with van der Waals surface area (Å²) in [5.74, 6) is 1.05. The summed E-state index contributed by atoms with van der Waals surface area (Å²) in [6.45, 7) is 4.90. The van der Waals surface area contributed by atoms with Gasteiger partial charge in [-0.2, -0.15) is 0 Å². The molecule has 1 N–H and O–H groups in total. The van der Waals surface area contributed by atoms with Gasteiger partial charge < -0.3 is 19.3 Å². The van der Waals surface area contributed by atoms with Crippen LogP contribution in [0.25, 0.3) is 0 Å². The Morgan fingerprint density at radius 3 is 2.47 bits per heavy atom. The smallest absolute Gasteiger partial charge is 0.257 e. The fraction of sp³-hybridized carbons (Fsp3) is 0.478. The number of ether oxygens (including phenoxy) is 2. The zero-order chi connectivity index (χ0) is 23.5. The van der Waals surface area contributed by atoms with E-state index in [4.69, 9.17) is 9.47 Å². The number of benzene rings is 1. The largest absolute Gasteiger partial charge is 0.454 e. The van der Waals surface area contributed by atoms with Crippen LogP contribution >= 0.6 is 11.3 Å². The van der Waals surface area contributed by atoms with Gasteiger partial charge in [0, 0.05) is 50.2 Å². The molecule has 2 fully saturated rings. The molecule has 0 aliphatic carbocycles. The molecule has 0 atom stereocenters. The lowest BCUT2D eigenvalue weighted by Gasteiger charge is -2.35. The van der Waals surface area contributed by atoms with E-state index in [0.717, 1.165) is 25.9 Å². The minimum Gasteiger partial charge on any atom is -0.454 e. The van der Waals surface area contributed by atoms with Gasteiger partial charge in [-0.3, -0.25) is 24.6 Å². The first kappa shape index (κ1) is 22.6. The van der Waals surface area contributed by atoms with Crippen molar-refractivity contribution in [3.8, 4) is 11.5 Å². The van der Waals surface area contributed by atoms with Crippen molar-refractivity contribution < 1.29 is 23.9 Å². The molecule has 11 heteroatoms. The van der Waals surface area contributed by atoms with E-state index in [-0.39, 0.29) is 30.9 Å². The third-order valence-electron chi connectivity index (χ3n) is 6.28. The predicted octanol–water partition coefficient (Wildman–Crippen LogP) is 1.43. The van der Waals surface area contributed by atoms with Crippen molar-refractivity contribution in [3.05, 3.63) is 34.8 Å². The first-order valence-electron chi connectivity index (χ1n) is 11.5. The number of carbonyl (C=O) groups excluding carboxylic acids is 3. The van der Waals surface area contributed by atoms with Crippen molar-refractivity contribution >= 4 is 34.2 Å². The molecule has 2 saturated heterocycles. The molecule has 3 amide bonds. The van der Waals surface area contributed by atoms with Crippen molar-refractivity contribution in [2.45, 2.75) is 19.3 Å². The first-order valence-corrected chi connectivity index (χ1v) is 12.4. The van der Waals surface area contributed by atoms with E-state index in [0.29, 0.717) is 60.6 Å². The van der Waals surface area contributed by atoms with Crippen LogP contribution in [0.15, 0.2) is 23.6 Å². The van der Waals surface area contributed by atoms with Crippen LogP contribution in [0.3, 0.4) is 0 Å². The molecule has 0 bridgehead atoms. The highest BCUT2D eigenvalue weighted by Gasteiger charge is 2.26. The zero-order valence-electron chi connectivity index (χ0n) is 18.8. The Labute approximate surface area is 201 Å². The van der Waals surface area contributed by atoms with E-state index in [1.54, 1.807) is 23.6 Å². The van der Waals surface area contributed by atoms with E-state index in [1.165, 1.54) is 11.3 Å². The topological polar surface area (TPSA) is 104 Å². The average molecular weight is 486 g/mol. The second kappa shape index (κ2) is 9.98. The highest BCUT2D eigenvalue weighted by molar-refractivity contribution is 7.14. The maximum absolute atomic E-state index is 12.8. The average Bonchev–Trinajstić information content (AvgIpc) is 3.61. The van der Waals surface area contributed by atoms with Crippen LogP contribution in [0.2, 0.25) is 0 Å². The number of piperazine rings is 1. The third-order valence-corrected chi connectivity index (χ3v) is 7.09. The molecule has 180 valence electrons. The molecule has 3 aliphatic heterocycles. The second-order valence-corrected chi connectivity index (χ2v) is 9.45. The zero-order valence-corrected chi connectivity index (χ0v) is 19.6. The van der Waals surface area contributed by atoms with Gasteiger partial charge in [0.05, 0.1) is 18.7 Å². The lowest BCUT2D eigenvalue weighted by Crippen LogP contribution is -2.51. The number of hydrogen-bond donors (Lipinski definition) is 1. The van der Waals surface area contributed by atoms with Crippen LogP contribution in [0, 0.1) is 0 Å². The lowest BCUT2D eigenvalue weighted by atomic mass is 10.2. The van der Waals surface area contributed by atoms with Crippen LogP contribution in [0.5, 0.6) is 11.5 Å². The van der Waals surface area contributed by atoms with Crippen molar-refractivity contribution in [1.29, 1.82) is 0 Å². The SMILES string of the molecule is O=C(Nc1nc(CC(=O)N2CCN(CC(=O)N3CCCC3)CC2)cs1)c1ccc2c(c1)OCO2. The number of amides is 3. The number of carbonyl (C=O) groups is 3. The molecular formula is C23H27N5O5S. The standard InChI is InChI=1S/C23H27N5O5S/c29-20(28-9-7-26(8-10-28)13-21(30)27-5-1-2-6-27)12-17-14-34-23(24-17)25-22(31)16-3-4-18-19(11-16)33-15-32-18/h3-4,11,14H,1-2,5-10,12-13,15H2,(H,24,25,31). The van der Waals surface area contributed by atoms with Gasteiger partial charge in [0.15, 0.2) is 16.6 Å². The number of rotatable bonds is 6. The molecule has 0 spiro atoms. The fourth-order valence-electron chi connectivity index (χ4n) is 4.33. The predicted molar refractivity (Wildman–Crippen MR) is 125 cm³/mol. The Morgan fingerprint density at radius 2 is 1.68 bits per heavy atom. The highest BCUT2D eigenvalue weighted by atomic mass is 32.1. The van der Waals surface area contributed by atoms with Gasteiger partial charge in [-0.15, -0.1) is 11.3 Å². The summed E-state index contributed by atoms with van der Waals surface area (Å²) >= 11 is 1.29. The van der Waals surface area contributed by atoms with Gasteiger partial charge in [-0.25, -0.2) is 4.98 Å². The first-order chi connectivity index (χ1) is 16.5. The van der Waals surface area contributed by atoms with Gasteiger partial charge in [-0.05, 0) is 31.0 Å². The fourth-order valence-corrected chi connectivity index (χ4v) is 5.04. The Hall–Kier alpha value is -3.18. The molecule has 3 aliphatic rings. The summed E-state index contributed by atoms with van der Waals surface area (Å²) < 4.78 is 10.6. The summed E-state index contributed by atoms with van der Waals surface area (Å²) in [6, 6.07) is 5.00. The Morgan fingerprint density at radius 1 is 0.941 bits per heavy atom. The Bertz CT molecular complexity index is 1080. The van der Waals surface area contributed by atoms with Gasteiger partial charge >= 0.3 is 0 Å². The second-order valence-electron chi connectivity index (χ2n) is 8.59. The molecule has 0 radical (unpaired) electrons. The Kier molecular flexibility index (Phi) is 6.63. The van der Waals surface area contributed by atoms with Gasteiger partial charge in [0.1, 0.15) is 0 Å². The van der Waals surface area contributed by atoms with Crippen molar-refractivity contribution in [2.24, 2.45) is 0 Å². The van der Waals surface area contributed by atoms with E-state index in [2.05, 4.69) is 15.2 Å². The van der Waals surface area contributed by atoms with Crippen molar-refractivity contribution in [3.63, 3.8) is 0 Å². The quantitative estimate of drug-likeness (QED) is 0.660. The van der Waals surface area contributed by atoms with E-state index >= 15 is 0 Å². The molecule has 10 nitrogen and oxygen atoms in total. The summed E-state index contributed by atoms with van der Waals surface area (Å²) in [5.41, 5.74) is 1.07. The number of fused-ring (bicyclic) bond motifs is 1. The molecule has 4 heterocycles. The molecular weight excluding hydrogens is 458 g/mol. The summed E-state index contributed by atoms with van der Waals surface area (Å²) in [5, 5.41) is 5.00. The van der Waals surface area contributed by atoms with Gasteiger partial charge in [0.2, 0.25) is 18.6 Å². The molecule has 5 rings (SSSR count). The van der Waals surface area contributed by atoms with Crippen LogP contribution in [0.4, 0.5) is 5.13 Å². The summed E-state index contributed by atoms with van der Waals surface area (Å²) in [7, 11) is 0. The molecule has 0 saturated carbocycles. The number of likely N-dealkylation sites (tertiary alicyclic amines) is 1. The van der Waals surface area contributed by atoms with E-state index in [9.17, 15) is 14.4 Å². The Balaban J connectivity index is 1.08. The number of nitrogens with zero attached hydrogens (tertiary/aromatic N) is 4. The maximum atomic E-state index is 12.8. The minimum absolute atomic E-state index is 0.00414. The van der Waals surface area contributed by atoms with Crippen LogP contribution in [0.1, 0.15) is 28.9 Å². The third kappa shape index (κ3) is 5.15. The van der Waals surface area contributed by atoms with Crippen molar-refractivity contribution in [2.75, 3.05) is 57.9 Å². The monoisotopic (exact) mass is 485 g/mol. The molecule has 0 unspecified atom stereocenters. The van der Waals surface area contributed by atoms with Crippen molar-refractivity contribution in [1.82, 2.24) is 19.7 Å². The van der Waals surface area contributed by atoms with Gasteiger partial charge in [0.25, 0.3) is 5.91 Å². The van der Waals surface area contributed by atoms with E-state index in [1.807, 2.05) is 9.80 Å². The number of nitrogens with one attached hydrogen (secondary N) is 1. The summed E-state index contributed by atoms with van der Waals surface area (Å²) in [4.78, 5) is 47.9. The number of hydrogen-bond acceptors (Lipinski definition) is 8. The van der Waals surface area contributed by atoms with Gasteiger partial charge in [-0.1, -0.05) is 0 Å². The molecule has 34 heavy (non-hydrogen) atoms. The van der Waals surface area contributed by atoms with Crippen LogP contribution < -0.4 is 14.8 Å².